The summed E-state index contributed by atoms with van der Waals surface area (Å²) in [5.74, 6) is 0. The van der Waals surface area contributed by atoms with Crippen molar-refractivity contribution < 1.29 is 8.42 Å². The second kappa shape index (κ2) is 7.09. The zero-order valence-corrected chi connectivity index (χ0v) is 15.8. The van der Waals surface area contributed by atoms with Gasteiger partial charge in [-0.25, -0.2) is 22.6 Å². The normalized spacial score (nSPS) is 12.0. The zero-order chi connectivity index (χ0) is 18.9. The molecule has 27 heavy (non-hydrogen) atoms. The van der Waals surface area contributed by atoms with Crippen LogP contribution >= 0.6 is 0 Å². The Balaban J connectivity index is 1.39. The molecule has 0 saturated heterocycles. The van der Waals surface area contributed by atoms with E-state index in [1.165, 1.54) is 0 Å². The molecule has 0 bridgehead atoms. The lowest BCUT2D eigenvalue weighted by atomic mass is 10.1. The number of benzene rings is 2. The highest BCUT2D eigenvalue weighted by Crippen LogP contribution is 2.18. The van der Waals surface area contributed by atoms with Crippen molar-refractivity contribution in [2.24, 2.45) is 0 Å². The average molecular weight is 380 g/mol. The van der Waals surface area contributed by atoms with Crippen LogP contribution in [0, 0.1) is 6.92 Å². The van der Waals surface area contributed by atoms with Crippen LogP contribution in [0.4, 0.5) is 0 Å². The van der Waals surface area contributed by atoms with Crippen LogP contribution in [-0.2, 0) is 16.4 Å². The first kappa shape index (κ1) is 17.6. The quantitative estimate of drug-likeness (QED) is 0.522. The fourth-order valence-electron chi connectivity index (χ4n) is 3.08. The maximum Gasteiger partial charge on any atom is 0.240 e. The smallest absolute Gasteiger partial charge is 0.237 e. The van der Waals surface area contributed by atoms with Crippen LogP contribution in [0.25, 0.3) is 16.4 Å². The third-order valence-corrected chi connectivity index (χ3v) is 5.91. The zero-order valence-electron chi connectivity index (χ0n) is 15.0. The van der Waals surface area contributed by atoms with Gasteiger partial charge >= 0.3 is 0 Å². The molecule has 0 atom stereocenters. The van der Waals surface area contributed by atoms with E-state index in [2.05, 4.69) is 14.8 Å². The van der Waals surface area contributed by atoms with Gasteiger partial charge in [-0.05, 0) is 48.2 Å². The number of hydrogen-bond acceptors (Lipinski definition) is 4. The Morgan fingerprint density at radius 1 is 1.07 bits per heavy atom. The number of rotatable bonds is 6. The Bertz CT molecular complexity index is 1220. The van der Waals surface area contributed by atoms with Crippen molar-refractivity contribution in [3.63, 3.8) is 0 Å². The van der Waals surface area contributed by atoms with Crippen molar-refractivity contribution in [2.75, 3.05) is 6.54 Å². The highest BCUT2D eigenvalue weighted by atomic mass is 32.2. The molecule has 7 heteroatoms. The highest BCUT2D eigenvalue weighted by molar-refractivity contribution is 7.89. The number of nitrogens with zero attached hydrogens (tertiary/aromatic N) is 3. The van der Waals surface area contributed by atoms with Crippen molar-refractivity contribution >= 4 is 26.4 Å². The van der Waals surface area contributed by atoms with E-state index in [0.29, 0.717) is 13.0 Å². The molecule has 0 saturated carbocycles. The predicted molar refractivity (Wildman–Crippen MR) is 105 cm³/mol. The highest BCUT2D eigenvalue weighted by Gasteiger charge is 2.13. The number of fused-ring (bicyclic) bond motifs is 2. The largest absolute Gasteiger partial charge is 0.240 e. The molecule has 0 aliphatic carbocycles. The van der Waals surface area contributed by atoms with Gasteiger partial charge in [0.05, 0.1) is 10.6 Å². The molecule has 1 N–H and O–H groups in total. The lowest BCUT2D eigenvalue weighted by Crippen LogP contribution is -2.25. The van der Waals surface area contributed by atoms with Crippen LogP contribution < -0.4 is 4.72 Å². The molecule has 0 amide bonds. The summed E-state index contributed by atoms with van der Waals surface area (Å²) >= 11 is 0. The molecule has 2 heterocycles. The van der Waals surface area contributed by atoms with Gasteiger partial charge in [-0.1, -0.05) is 30.3 Å². The predicted octanol–water partition coefficient (Wildman–Crippen LogP) is 3.10. The molecule has 0 aliphatic rings. The summed E-state index contributed by atoms with van der Waals surface area (Å²) in [6, 6.07) is 14.8. The Morgan fingerprint density at radius 2 is 1.89 bits per heavy atom. The second-order valence-corrected chi connectivity index (χ2v) is 8.33. The number of aryl methyl sites for hydroxylation is 2. The minimum Gasteiger partial charge on any atom is -0.237 e. The van der Waals surface area contributed by atoms with Crippen molar-refractivity contribution in [3.05, 3.63) is 72.2 Å². The van der Waals surface area contributed by atoms with Crippen molar-refractivity contribution in [2.45, 2.75) is 24.7 Å². The fraction of sp³-hybridized carbons (Fsp3) is 0.200. The van der Waals surface area contributed by atoms with Gasteiger partial charge in [-0.3, -0.25) is 0 Å². The van der Waals surface area contributed by atoms with Crippen LogP contribution in [0.1, 0.15) is 17.7 Å². The van der Waals surface area contributed by atoms with Gasteiger partial charge in [0, 0.05) is 25.0 Å². The summed E-state index contributed by atoms with van der Waals surface area (Å²) < 4.78 is 29.5. The summed E-state index contributed by atoms with van der Waals surface area (Å²) in [6.45, 7) is 2.29. The van der Waals surface area contributed by atoms with E-state index in [0.717, 1.165) is 34.1 Å². The first-order chi connectivity index (χ1) is 13.0. The molecule has 0 unspecified atom stereocenters. The molecule has 0 aliphatic heterocycles. The molecule has 4 aromatic rings. The van der Waals surface area contributed by atoms with E-state index < -0.39 is 10.0 Å². The van der Waals surface area contributed by atoms with Crippen molar-refractivity contribution in [1.29, 1.82) is 0 Å². The minimum absolute atomic E-state index is 0.288. The van der Waals surface area contributed by atoms with E-state index in [-0.39, 0.29) is 4.90 Å². The Kier molecular flexibility index (Phi) is 4.63. The van der Waals surface area contributed by atoms with Gasteiger partial charge < -0.3 is 0 Å². The van der Waals surface area contributed by atoms with Crippen LogP contribution in [0.15, 0.2) is 65.8 Å². The fourth-order valence-corrected chi connectivity index (χ4v) is 4.19. The molecule has 4 rings (SSSR count). The summed E-state index contributed by atoms with van der Waals surface area (Å²) in [5.41, 5.74) is 2.76. The molecule has 0 spiro atoms. The SMILES string of the molecule is Cc1cc2ncc(CCCNS(=O)(=O)c3ccc4ccccc4c3)cn2n1. The molecular formula is C20H20N4O2S. The number of aromatic nitrogens is 3. The Hall–Kier alpha value is -2.77. The lowest BCUT2D eigenvalue weighted by molar-refractivity contribution is 0.579. The van der Waals surface area contributed by atoms with E-state index >= 15 is 0 Å². The lowest BCUT2D eigenvalue weighted by Gasteiger charge is -2.08. The van der Waals surface area contributed by atoms with E-state index in [1.54, 1.807) is 16.6 Å². The monoisotopic (exact) mass is 380 g/mol. The van der Waals surface area contributed by atoms with Gasteiger partial charge in [0.1, 0.15) is 0 Å². The first-order valence-electron chi connectivity index (χ1n) is 8.81. The third kappa shape index (κ3) is 3.84. The van der Waals surface area contributed by atoms with Gasteiger partial charge in [-0.15, -0.1) is 0 Å². The van der Waals surface area contributed by atoms with Crippen LogP contribution in [-0.4, -0.2) is 29.6 Å². The average Bonchev–Trinajstić information content (AvgIpc) is 3.04. The Morgan fingerprint density at radius 3 is 2.74 bits per heavy atom. The minimum atomic E-state index is -3.52. The number of hydrogen-bond donors (Lipinski definition) is 1. The maximum absolute atomic E-state index is 12.5. The van der Waals surface area contributed by atoms with Crippen LogP contribution in [0.3, 0.4) is 0 Å². The van der Waals surface area contributed by atoms with Gasteiger partial charge in [-0.2, -0.15) is 5.10 Å². The Labute approximate surface area is 157 Å². The third-order valence-electron chi connectivity index (χ3n) is 4.45. The summed E-state index contributed by atoms with van der Waals surface area (Å²) in [7, 11) is -3.52. The van der Waals surface area contributed by atoms with Gasteiger partial charge in [0.25, 0.3) is 0 Å². The molecule has 6 nitrogen and oxygen atoms in total. The van der Waals surface area contributed by atoms with E-state index in [1.807, 2.05) is 55.7 Å². The molecule has 0 fully saturated rings. The first-order valence-corrected chi connectivity index (χ1v) is 10.3. The van der Waals surface area contributed by atoms with Crippen LogP contribution in [0.2, 0.25) is 0 Å². The molecule has 2 aromatic carbocycles. The summed E-state index contributed by atoms with van der Waals surface area (Å²) in [4.78, 5) is 4.66. The van der Waals surface area contributed by atoms with E-state index in [4.69, 9.17) is 0 Å². The maximum atomic E-state index is 12.5. The molecule has 138 valence electrons. The summed E-state index contributed by atoms with van der Waals surface area (Å²) in [5, 5.41) is 6.28. The van der Waals surface area contributed by atoms with Crippen molar-refractivity contribution in [3.8, 4) is 0 Å². The standard InChI is InChI=1S/C20H20N4O2S/c1-15-11-20-21-13-16(14-24(20)23-15)5-4-10-22-27(25,26)19-9-8-17-6-2-3-7-18(17)12-19/h2-3,6-9,11-14,22H,4-5,10H2,1H3. The number of sulfonamides is 1. The number of nitrogens with one attached hydrogen (secondary N) is 1. The molecule has 2 aromatic heterocycles. The van der Waals surface area contributed by atoms with Gasteiger partial charge in [0.2, 0.25) is 10.0 Å². The molecule has 0 radical (unpaired) electrons. The second-order valence-electron chi connectivity index (χ2n) is 6.56. The summed E-state index contributed by atoms with van der Waals surface area (Å²) in [6.07, 6.45) is 5.16. The van der Waals surface area contributed by atoms with E-state index in [9.17, 15) is 8.42 Å². The van der Waals surface area contributed by atoms with Crippen LogP contribution in [0.5, 0.6) is 0 Å². The molecular weight excluding hydrogens is 360 g/mol. The van der Waals surface area contributed by atoms with Crippen molar-refractivity contribution in [1.82, 2.24) is 19.3 Å². The van der Waals surface area contributed by atoms with Gasteiger partial charge in [0.15, 0.2) is 5.65 Å². The topological polar surface area (TPSA) is 76.4 Å².